The maximum Gasteiger partial charge on any atom is 0.268 e. The van der Waals surface area contributed by atoms with Gasteiger partial charge in [0.1, 0.15) is 0 Å². The maximum absolute atomic E-state index is 13.9. The molecule has 0 saturated heterocycles. The second-order valence-electron chi connectivity index (χ2n) is 11.4. The quantitative estimate of drug-likeness (QED) is 0.171. The van der Waals surface area contributed by atoms with Crippen LogP contribution in [-0.2, 0) is 10.0 Å². The lowest BCUT2D eigenvalue weighted by atomic mass is 10.0. The molecule has 1 aromatic heterocycles. The van der Waals surface area contributed by atoms with Gasteiger partial charge in [-0.1, -0.05) is 36.4 Å². The molecule has 5 aromatic carbocycles. The largest absolute Gasteiger partial charge is 0.378 e. The van der Waals surface area contributed by atoms with Crippen molar-refractivity contribution in [2.24, 2.45) is 0 Å². The van der Waals surface area contributed by atoms with Gasteiger partial charge < -0.3 is 20.4 Å². The fourth-order valence-corrected chi connectivity index (χ4v) is 6.65. The zero-order chi connectivity index (χ0) is 32.4. The Balaban J connectivity index is 1.34. The lowest BCUT2D eigenvalue weighted by Gasteiger charge is -2.14. The summed E-state index contributed by atoms with van der Waals surface area (Å²) >= 11 is 0. The summed E-state index contributed by atoms with van der Waals surface area (Å²) in [6.07, 6.45) is 1.67. The van der Waals surface area contributed by atoms with Crippen molar-refractivity contribution in [1.29, 1.82) is 0 Å². The van der Waals surface area contributed by atoms with Crippen molar-refractivity contribution in [3.8, 4) is 11.1 Å². The van der Waals surface area contributed by atoms with E-state index in [1.807, 2.05) is 117 Å². The molecule has 6 aromatic rings. The van der Waals surface area contributed by atoms with Crippen LogP contribution in [0.15, 0.2) is 132 Å². The number of benzene rings is 5. The first-order chi connectivity index (χ1) is 22.1. The molecule has 0 radical (unpaired) electrons. The molecule has 0 aliphatic carbocycles. The van der Waals surface area contributed by atoms with Crippen LogP contribution >= 0.6 is 0 Å². The predicted octanol–water partition coefficient (Wildman–Crippen LogP) is 7.67. The van der Waals surface area contributed by atoms with Gasteiger partial charge in [-0.2, -0.15) is 0 Å². The van der Waals surface area contributed by atoms with Crippen LogP contribution in [0.2, 0.25) is 0 Å². The number of nitrogens with zero attached hydrogens (tertiary/aromatic N) is 3. The number of nitrogens with one attached hydrogen (secondary N) is 2. The highest BCUT2D eigenvalue weighted by atomic mass is 32.2. The van der Waals surface area contributed by atoms with E-state index in [4.69, 9.17) is 0 Å². The average Bonchev–Trinajstić information content (AvgIpc) is 3.45. The summed E-state index contributed by atoms with van der Waals surface area (Å²) in [6.45, 7) is 0. The van der Waals surface area contributed by atoms with E-state index in [-0.39, 0.29) is 10.8 Å². The molecule has 0 aliphatic heterocycles. The average molecular weight is 630 g/mol. The van der Waals surface area contributed by atoms with E-state index in [1.165, 1.54) is 3.97 Å². The molecule has 0 spiro atoms. The fourth-order valence-electron chi connectivity index (χ4n) is 5.27. The molecule has 0 bridgehead atoms. The standard InChI is InChI=1S/C37H35N5O3S/c1-40(2)31-19-12-27(13-20-31)37(43)39-29-14-10-26(11-15-29)35-25-42(46(44,45)33-8-6-5-7-9-33)36-24-30(18-23-34(35)36)38-28-16-21-32(22-17-28)41(3)4/h5-25,38H,1-4H3,(H,39,43). The van der Waals surface area contributed by atoms with Crippen molar-refractivity contribution >= 4 is 55.3 Å². The van der Waals surface area contributed by atoms with E-state index in [9.17, 15) is 13.2 Å². The van der Waals surface area contributed by atoms with Crippen LogP contribution in [0.25, 0.3) is 22.0 Å². The minimum atomic E-state index is -3.90. The zero-order valence-electron chi connectivity index (χ0n) is 26.1. The Hall–Kier alpha value is -5.54. The SMILES string of the molecule is CN(C)c1ccc(Nc2ccc3c(-c4ccc(NC(=O)c5ccc(N(C)C)cc5)cc4)cn(S(=O)(=O)c4ccccc4)c3c2)cc1. The molecule has 8 nitrogen and oxygen atoms in total. The van der Waals surface area contributed by atoms with Crippen LogP contribution in [0.4, 0.5) is 28.4 Å². The zero-order valence-corrected chi connectivity index (χ0v) is 26.9. The highest BCUT2D eigenvalue weighted by Gasteiger charge is 2.22. The van der Waals surface area contributed by atoms with E-state index in [0.717, 1.165) is 39.3 Å². The third-order valence-corrected chi connectivity index (χ3v) is 9.53. The number of carbonyl (C=O) groups excluding carboxylic acids is 1. The van der Waals surface area contributed by atoms with Gasteiger partial charge in [0.15, 0.2) is 0 Å². The molecule has 46 heavy (non-hydrogen) atoms. The van der Waals surface area contributed by atoms with E-state index >= 15 is 0 Å². The van der Waals surface area contributed by atoms with Crippen molar-refractivity contribution < 1.29 is 13.2 Å². The molecule has 1 heterocycles. The van der Waals surface area contributed by atoms with E-state index < -0.39 is 10.0 Å². The van der Waals surface area contributed by atoms with Crippen molar-refractivity contribution in [3.05, 3.63) is 133 Å². The Morgan fingerprint density at radius 3 is 1.83 bits per heavy atom. The summed E-state index contributed by atoms with van der Waals surface area (Å²) in [5, 5.41) is 7.14. The van der Waals surface area contributed by atoms with Crippen molar-refractivity contribution in [2.45, 2.75) is 4.90 Å². The Morgan fingerprint density at radius 2 is 1.22 bits per heavy atom. The van der Waals surface area contributed by atoms with Crippen LogP contribution in [0.3, 0.4) is 0 Å². The van der Waals surface area contributed by atoms with Gasteiger partial charge in [0.25, 0.3) is 15.9 Å². The smallest absolute Gasteiger partial charge is 0.268 e. The minimum Gasteiger partial charge on any atom is -0.378 e. The van der Waals surface area contributed by atoms with Gasteiger partial charge in [0.05, 0.1) is 10.4 Å². The predicted molar refractivity (Wildman–Crippen MR) is 189 cm³/mol. The summed E-state index contributed by atoms with van der Waals surface area (Å²) in [4.78, 5) is 17.1. The lowest BCUT2D eigenvalue weighted by Crippen LogP contribution is -2.13. The minimum absolute atomic E-state index is 0.202. The highest BCUT2D eigenvalue weighted by molar-refractivity contribution is 7.90. The number of anilines is 5. The van der Waals surface area contributed by atoms with Crippen molar-refractivity contribution in [3.63, 3.8) is 0 Å². The van der Waals surface area contributed by atoms with E-state index in [0.29, 0.717) is 16.8 Å². The number of hydrogen-bond acceptors (Lipinski definition) is 6. The molecule has 6 rings (SSSR count). The van der Waals surface area contributed by atoms with Gasteiger partial charge in [-0.25, -0.2) is 12.4 Å². The van der Waals surface area contributed by atoms with Crippen molar-refractivity contribution in [1.82, 2.24) is 3.97 Å². The summed E-state index contributed by atoms with van der Waals surface area (Å²) in [5.41, 5.74) is 7.06. The monoisotopic (exact) mass is 629 g/mol. The van der Waals surface area contributed by atoms with Crippen LogP contribution in [0.1, 0.15) is 10.4 Å². The van der Waals surface area contributed by atoms with Gasteiger partial charge in [0, 0.05) is 79.3 Å². The molecule has 0 unspecified atom stereocenters. The summed E-state index contributed by atoms with van der Waals surface area (Å²) in [5.74, 6) is -0.208. The fraction of sp³-hybridized carbons (Fsp3) is 0.108. The highest BCUT2D eigenvalue weighted by Crippen LogP contribution is 2.36. The first kappa shape index (κ1) is 30.5. The summed E-state index contributed by atoms with van der Waals surface area (Å²) < 4.78 is 29.2. The second-order valence-corrected chi connectivity index (χ2v) is 13.2. The van der Waals surface area contributed by atoms with E-state index in [1.54, 1.807) is 48.7 Å². The normalized spacial score (nSPS) is 11.3. The Morgan fingerprint density at radius 1 is 0.652 bits per heavy atom. The molecule has 232 valence electrons. The molecule has 0 fully saturated rings. The van der Waals surface area contributed by atoms with Gasteiger partial charge in [-0.3, -0.25) is 4.79 Å². The Kier molecular flexibility index (Phi) is 8.25. The molecule has 0 saturated carbocycles. The number of fused-ring (bicyclic) bond motifs is 1. The first-order valence-electron chi connectivity index (χ1n) is 14.8. The van der Waals surface area contributed by atoms with Crippen molar-refractivity contribution in [2.75, 3.05) is 48.6 Å². The number of carbonyl (C=O) groups is 1. The molecule has 2 N–H and O–H groups in total. The Labute approximate surface area is 269 Å². The maximum atomic E-state index is 13.9. The Bertz CT molecular complexity index is 2100. The van der Waals surface area contributed by atoms with Gasteiger partial charge in [-0.15, -0.1) is 0 Å². The second kappa shape index (κ2) is 12.5. The number of hydrogen-bond donors (Lipinski definition) is 2. The summed E-state index contributed by atoms with van der Waals surface area (Å²) in [7, 11) is 3.98. The van der Waals surface area contributed by atoms with E-state index in [2.05, 4.69) is 10.6 Å². The molecule has 0 atom stereocenters. The number of amides is 1. The van der Waals surface area contributed by atoms with Crippen LogP contribution in [-0.4, -0.2) is 46.5 Å². The van der Waals surface area contributed by atoms with Gasteiger partial charge in [-0.05, 0) is 90.5 Å². The van der Waals surface area contributed by atoms with Gasteiger partial charge >= 0.3 is 0 Å². The first-order valence-corrected chi connectivity index (χ1v) is 16.2. The lowest BCUT2D eigenvalue weighted by molar-refractivity contribution is 0.102. The topological polar surface area (TPSA) is 86.7 Å². The van der Waals surface area contributed by atoms with Crippen LogP contribution in [0, 0.1) is 0 Å². The molecule has 9 heteroatoms. The third kappa shape index (κ3) is 6.18. The van der Waals surface area contributed by atoms with Crippen LogP contribution in [0.5, 0.6) is 0 Å². The third-order valence-electron chi connectivity index (χ3n) is 7.84. The number of aromatic nitrogens is 1. The van der Waals surface area contributed by atoms with Gasteiger partial charge in [0.2, 0.25) is 0 Å². The molecule has 0 aliphatic rings. The number of rotatable bonds is 9. The molecular weight excluding hydrogens is 595 g/mol. The molecular formula is C37H35N5O3S. The van der Waals surface area contributed by atoms with Crippen LogP contribution < -0.4 is 20.4 Å². The molecule has 1 amide bonds. The summed E-state index contributed by atoms with van der Waals surface area (Å²) in [6, 6.07) is 37.0.